The van der Waals surface area contributed by atoms with Gasteiger partial charge in [-0.05, 0) is 44.7 Å². The van der Waals surface area contributed by atoms with Crippen molar-refractivity contribution >= 4 is 0 Å². The molecule has 0 aromatic carbocycles. The molecule has 1 saturated carbocycles. The van der Waals surface area contributed by atoms with Crippen molar-refractivity contribution < 1.29 is 0 Å². The van der Waals surface area contributed by atoms with Crippen molar-refractivity contribution in [2.24, 2.45) is 5.92 Å². The van der Waals surface area contributed by atoms with Crippen LogP contribution in [-0.4, -0.2) is 16.5 Å². The van der Waals surface area contributed by atoms with Crippen LogP contribution < -0.4 is 5.32 Å². The summed E-state index contributed by atoms with van der Waals surface area (Å²) in [4.78, 5) is 8.84. The van der Waals surface area contributed by atoms with E-state index in [0.29, 0.717) is 6.04 Å². The fourth-order valence-corrected chi connectivity index (χ4v) is 2.93. The van der Waals surface area contributed by atoms with Crippen molar-refractivity contribution in [1.29, 1.82) is 0 Å². The van der Waals surface area contributed by atoms with Gasteiger partial charge in [0.25, 0.3) is 0 Å². The number of nitrogens with one attached hydrogen (secondary N) is 1. The number of nitrogens with zero attached hydrogens (tertiary/aromatic N) is 2. The minimum absolute atomic E-state index is 0.423. The van der Waals surface area contributed by atoms with Crippen LogP contribution in [0.25, 0.3) is 0 Å². The number of aryl methyl sites for hydroxylation is 1. The highest BCUT2D eigenvalue weighted by molar-refractivity contribution is 5.09. The third kappa shape index (κ3) is 3.52. The third-order valence-corrected chi connectivity index (χ3v) is 3.85. The summed E-state index contributed by atoms with van der Waals surface area (Å²) in [5, 5.41) is 3.69. The van der Waals surface area contributed by atoms with E-state index in [4.69, 9.17) is 0 Å². The maximum atomic E-state index is 4.63. The molecule has 3 nitrogen and oxygen atoms in total. The summed E-state index contributed by atoms with van der Waals surface area (Å²) in [6, 6.07) is 2.50. The molecular weight excluding hydrogens is 222 g/mol. The van der Waals surface area contributed by atoms with E-state index in [2.05, 4.69) is 28.3 Å². The van der Waals surface area contributed by atoms with Crippen molar-refractivity contribution in [2.75, 3.05) is 6.54 Å². The first-order chi connectivity index (χ1) is 8.81. The Morgan fingerprint density at radius 2 is 2.11 bits per heavy atom. The van der Waals surface area contributed by atoms with E-state index in [1.54, 1.807) is 0 Å². The van der Waals surface area contributed by atoms with Crippen molar-refractivity contribution in [3.63, 3.8) is 0 Å². The van der Waals surface area contributed by atoms with Gasteiger partial charge in [-0.2, -0.15) is 0 Å². The van der Waals surface area contributed by atoms with Crippen molar-refractivity contribution in [1.82, 2.24) is 15.3 Å². The van der Waals surface area contributed by atoms with Crippen LogP contribution in [0.3, 0.4) is 0 Å². The minimum Gasteiger partial charge on any atom is -0.308 e. The Balaban J connectivity index is 2.12. The first-order valence-electron chi connectivity index (χ1n) is 7.34. The third-order valence-electron chi connectivity index (χ3n) is 3.85. The van der Waals surface area contributed by atoms with E-state index in [1.807, 2.05) is 13.1 Å². The molecule has 2 rings (SSSR count). The standard InChI is InChI=1S/C15H25N3/c1-3-10-17-15(13-7-5-4-6-8-13)14-9-11-16-12(2)18-14/h9,11,13,15,17H,3-8,10H2,1-2H3. The van der Waals surface area contributed by atoms with Gasteiger partial charge in [-0.15, -0.1) is 0 Å². The van der Waals surface area contributed by atoms with Gasteiger partial charge < -0.3 is 5.32 Å². The van der Waals surface area contributed by atoms with Crippen LogP contribution >= 0.6 is 0 Å². The van der Waals surface area contributed by atoms with Crippen molar-refractivity contribution in [3.8, 4) is 0 Å². The molecule has 0 amide bonds. The summed E-state index contributed by atoms with van der Waals surface area (Å²) in [6.45, 7) is 5.27. The van der Waals surface area contributed by atoms with Gasteiger partial charge in [0.2, 0.25) is 0 Å². The second kappa shape index (κ2) is 6.83. The van der Waals surface area contributed by atoms with Gasteiger partial charge in [0.1, 0.15) is 5.82 Å². The van der Waals surface area contributed by atoms with E-state index >= 15 is 0 Å². The monoisotopic (exact) mass is 247 g/mol. The number of aromatic nitrogens is 2. The molecule has 100 valence electrons. The number of hydrogen-bond donors (Lipinski definition) is 1. The first-order valence-corrected chi connectivity index (χ1v) is 7.34. The fourth-order valence-electron chi connectivity index (χ4n) is 2.93. The van der Waals surface area contributed by atoms with Gasteiger partial charge in [0.05, 0.1) is 11.7 Å². The molecule has 1 atom stereocenters. The lowest BCUT2D eigenvalue weighted by Gasteiger charge is -2.30. The summed E-state index contributed by atoms with van der Waals surface area (Å²) < 4.78 is 0. The summed E-state index contributed by atoms with van der Waals surface area (Å²) in [5.41, 5.74) is 1.18. The molecule has 18 heavy (non-hydrogen) atoms. The number of hydrogen-bond acceptors (Lipinski definition) is 3. The first kappa shape index (κ1) is 13.5. The zero-order chi connectivity index (χ0) is 12.8. The summed E-state index contributed by atoms with van der Waals surface area (Å²) in [7, 11) is 0. The molecule has 3 heteroatoms. The Labute approximate surface area is 110 Å². The van der Waals surface area contributed by atoms with Gasteiger partial charge in [-0.3, -0.25) is 0 Å². The van der Waals surface area contributed by atoms with Crippen LogP contribution in [0.1, 0.15) is 63.0 Å². The van der Waals surface area contributed by atoms with E-state index in [-0.39, 0.29) is 0 Å². The highest BCUT2D eigenvalue weighted by Gasteiger charge is 2.25. The molecule has 0 saturated heterocycles. The minimum atomic E-state index is 0.423. The molecule has 1 aliphatic carbocycles. The zero-order valence-corrected chi connectivity index (χ0v) is 11.7. The van der Waals surface area contributed by atoms with Crippen LogP contribution in [0.15, 0.2) is 12.3 Å². The molecule has 1 heterocycles. The molecule has 0 spiro atoms. The van der Waals surface area contributed by atoms with E-state index < -0.39 is 0 Å². The van der Waals surface area contributed by atoms with Gasteiger partial charge in [-0.1, -0.05) is 26.2 Å². The largest absolute Gasteiger partial charge is 0.308 e. The van der Waals surface area contributed by atoms with Crippen LogP contribution in [0.5, 0.6) is 0 Å². The Hall–Kier alpha value is -0.960. The molecule has 1 N–H and O–H groups in total. The lowest BCUT2D eigenvalue weighted by molar-refractivity contribution is 0.267. The zero-order valence-electron chi connectivity index (χ0n) is 11.7. The normalized spacial score (nSPS) is 18.8. The van der Waals surface area contributed by atoms with Gasteiger partial charge in [0, 0.05) is 6.20 Å². The van der Waals surface area contributed by atoms with E-state index in [0.717, 1.165) is 18.3 Å². The maximum Gasteiger partial charge on any atom is 0.125 e. The Morgan fingerprint density at radius 3 is 2.78 bits per heavy atom. The molecule has 0 aliphatic heterocycles. The fraction of sp³-hybridized carbons (Fsp3) is 0.733. The Morgan fingerprint density at radius 1 is 1.33 bits per heavy atom. The second-order valence-electron chi connectivity index (χ2n) is 5.36. The lowest BCUT2D eigenvalue weighted by atomic mass is 9.82. The van der Waals surface area contributed by atoms with Gasteiger partial charge >= 0.3 is 0 Å². The summed E-state index contributed by atoms with van der Waals surface area (Å²) >= 11 is 0. The lowest BCUT2D eigenvalue weighted by Crippen LogP contribution is -2.31. The molecule has 1 fully saturated rings. The molecule has 1 aromatic rings. The highest BCUT2D eigenvalue weighted by atomic mass is 15.0. The van der Waals surface area contributed by atoms with Crippen LogP contribution in [0.2, 0.25) is 0 Å². The second-order valence-corrected chi connectivity index (χ2v) is 5.36. The summed E-state index contributed by atoms with van der Waals surface area (Å²) in [6.07, 6.45) is 9.89. The summed E-state index contributed by atoms with van der Waals surface area (Å²) in [5.74, 6) is 1.63. The smallest absolute Gasteiger partial charge is 0.125 e. The molecule has 0 bridgehead atoms. The van der Waals surface area contributed by atoms with Crippen molar-refractivity contribution in [2.45, 2.75) is 58.4 Å². The van der Waals surface area contributed by atoms with E-state index in [1.165, 1.54) is 44.2 Å². The topological polar surface area (TPSA) is 37.8 Å². The molecule has 0 radical (unpaired) electrons. The van der Waals surface area contributed by atoms with Gasteiger partial charge in [-0.25, -0.2) is 9.97 Å². The van der Waals surface area contributed by atoms with Gasteiger partial charge in [0.15, 0.2) is 0 Å². The predicted octanol–water partition coefficient (Wildman–Crippen LogP) is 3.41. The SMILES string of the molecule is CCCNC(c1ccnc(C)n1)C1CCCCC1. The van der Waals surface area contributed by atoms with Crippen LogP contribution in [0, 0.1) is 12.8 Å². The molecule has 1 aliphatic rings. The quantitative estimate of drug-likeness (QED) is 0.866. The average Bonchev–Trinajstić information content (AvgIpc) is 2.40. The average molecular weight is 247 g/mol. The highest BCUT2D eigenvalue weighted by Crippen LogP contribution is 2.33. The Kier molecular flexibility index (Phi) is 5.12. The van der Waals surface area contributed by atoms with E-state index in [9.17, 15) is 0 Å². The van der Waals surface area contributed by atoms with Crippen LogP contribution in [-0.2, 0) is 0 Å². The maximum absolute atomic E-state index is 4.63. The molecule has 1 aromatic heterocycles. The Bertz CT molecular complexity index is 359. The molecule has 1 unspecified atom stereocenters. The predicted molar refractivity (Wildman–Crippen MR) is 74.4 cm³/mol. The van der Waals surface area contributed by atoms with Crippen LogP contribution in [0.4, 0.5) is 0 Å². The molecular formula is C15H25N3. The van der Waals surface area contributed by atoms with Crippen molar-refractivity contribution in [3.05, 3.63) is 23.8 Å². The number of rotatable bonds is 5.